The minimum absolute atomic E-state index is 0.0659. The topological polar surface area (TPSA) is 84.5 Å². The molecular weight excluding hydrogens is 332 g/mol. The Morgan fingerprint density at radius 3 is 1.81 bits per heavy atom. The van der Waals surface area contributed by atoms with Crippen LogP contribution in [-0.2, 0) is 4.74 Å². The van der Waals surface area contributed by atoms with Crippen LogP contribution >= 0.6 is 0 Å². The number of benzene rings is 2. The van der Waals surface area contributed by atoms with Crippen molar-refractivity contribution in [3.05, 3.63) is 59.7 Å². The molecule has 0 saturated heterocycles. The monoisotopic (exact) mass is 354 g/mol. The van der Waals surface area contributed by atoms with Gasteiger partial charge in [-0.25, -0.2) is 4.79 Å². The molecule has 0 aromatic heterocycles. The number of amides is 2. The summed E-state index contributed by atoms with van der Waals surface area (Å²) in [6.07, 6.45) is -0.606. The summed E-state index contributed by atoms with van der Waals surface area (Å²) in [5, 5.41) is 5.38. The number of Topliss-reactive ketones (excluding diaryl/α,β-unsaturated/α-hetero) is 1. The number of carbonyl (C=O) groups is 3. The highest BCUT2D eigenvalue weighted by molar-refractivity contribution is 6.07. The Morgan fingerprint density at radius 1 is 0.808 bits per heavy atom. The fraction of sp³-hybridized carbons (Fsp3) is 0.250. The third-order valence-electron chi connectivity index (χ3n) is 3.36. The van der Waals surface area contributed by atoms with E-state index in [-0.39, 0.29) is 11.7 Å². The number of ether oxygens (including phenoxy) is 1. The fourth-order valence-corrected chi connectivity index (χ4v) is 2.17. The highest BCUT2D eigenvalue weighted by Crippen LogP contribution is 2.23. The molecule has 2 aromatic rings. The van der Waals surface area contributed by atoms with Crippen LogP contribution in [0.5, 0.6) is 0 Å². The maximum Gasteiger partial charge on any atom is 0.412 e. The molecule has 2 aromatic carbocycles. The standard InChI is InChI=1S/C20H22N2O4/c1-13(23)14-9-11-15(12-10-14)18(24)21-16-7-5-6-8-17(16)22-19(25)26-20(2,3)4/h5-12H,1-4H3,(H,21,24)(H,22,25). The van der Waals surface area contributed by atoms with Gasteiger partial charge in [0, 0.05) is 11.1 Å². The Hall–Kier alpha value is -3.15. The van der Waals surface area contributed by atoms with Gasteiger partial charge >= 0.3 is 6.09 Å². The van der Waals surface area contributed by atoms with Crippen LogP contribution in [0.2, 0.25) is 0 Å². The van der Waals surface area contributed by atoms with E-state index < -0.39 is 11.7 Å². The normalized spacial score (nSPS) is 10.8. The average molecular weight is 354 g/mol. The van der Waals surface area contributed by atoms with Gasteiger partial charge in [0.05, 0.1) is 11.4 Å². The van der Waals surface area contributed by atoms with E-state index in [1.165, 1.54) is 6.92 Å². The van der Waals surface area contributed by atoms with Crippen LogP contribution in [0.4, 0.5) is 16.2 Å². The zero-order valence-corrected chi connectivity index (χ0v) is 15.3. The largest absolute Gasteiger partial charge is 0.444 e. The first-order valence-electron chi connectivity index (χ1n) is 8.17. The van der Waals surface area contributed by atoms with Gasteiger partial charge in [-0.1, -0.05) is 24.3 Å². The summed E-state index contributed by atoms with van der Waals surface area (Å²) in [6, 6.07) is 13.2. The molecule has 6 nitrogen and oxygen atoms in total. The summed E-state index contributed by atoms with van der Waals surface area (Å²) in [6.45, 7) is 6.77. The minimum Gasteiger partial charge on any atom is -0.444 e. The second kappa shape index (κ2) is 7.82. The molecule has 0 aliphatic carbocycles. The molecule has 136 valence electrons. The van der Waals surface area contributed by atoms with Gasteiger partial charge < -0.3 is 10.1 Å². The van der Waals surface area contributed by atoms with Gasteiger partial charge in [-0.05, 0) is 52.0 Å². The Kier molecular flexibility index (Phi) is 5.77. The Balaban J connectivity index is 2.13. The maximum atomic E-state index is 12.4. The Bertz CT molecular complexity index is 820. The lowest BCUT2D eigenvalue weighted by Gasteiger charge is -2.20. The van der Waals surface area contributed by atoms with Crippen LogP contribution in [0.15, 0.2) is 48.5 Å². The molecule has 6 heteroatoms. The van der Waals surface area contributed by atoms with Crippen LogP contribution in [0.25, 0.3) is 0 Å². The van der Waals surface area contributed by atoms with Crippen molar-refractivity contribution in [2.45, 2.75) is 33.3 Å². The van der Waals surface area contributed by atoms with Crippen LogP contribution in [-0.4, -0.2) is 23.4 Å². The van der Waals surface area contributed by atoms with E-state index >= 15 is 0 Å². The Labute approximate surface area is 152 Å². The summed E-state index contributed by atoms with van der Waals surface area (Å²) >= 11 is 0. The van der Waals surface area contributed by atoms with Crippen molar-refractivity contribution in [3.63, 3.8) is 0 Å². The predicted octanol–water partition coefficient (Wildman–Crippen LogP) is 4.49. The van der Waals surface area contributed by atoms with E-state index in [4.69, 9.17) is 4.74 Å². The first-order chi connectivity index (χ1) is 12.2. The van der Waals surface area contributed by atoms with Crippen molar-refractivity contribution >= 4 is 29.2 Å². The molecule has 0 fully saturated rings. The minimum atomic E-state index is -0.624. The highest BCUT2D eigenvalue weighted by atomic mass is 16.6. The van der Waals surface area contributed by atoms with Gasteiger partial charge in [0.15, 0.2) is 5.78 Å². The molecule has 0 atom stereocenters. The van der Waals surface area contributed by atoms with E-state index in [9.17, 15) is 14.4 Å². The summed E-state index contributed by atoms with van der Waals surface area (Å²) in [7, 11) is 0. The SMILES string of the molecule is CC(=O)c1ccc(C(=O)Nc2ccccc2NC(=O)OC(C)(C)C)cc1. The number of hydrogen-bond acceptors (Lipinski definition) is 4. The number of carbonyl (C=O) groups excluding carboxylic acids is 3. The third-order valence-corrected chi connectivity index (χ3v) is 3.36. The molecule has 2 amide bonds. The van der Waals surface area contributed by atoms with Gasteiger partial charge in [0.1, 0.15) is 5.60 Å². The van der Waals surface area contributed by atoms with Gasteiger partial charge in [-0.2, -0.15) is 0 Å². The molecular formula is C20H22N2O4. The molecule has 0 heterocycles. The van der Waals surface area contributed by atoms with E-state index in [1.807, 2.05) is 0 Å². The molecule has 2 rings (SSSR count). The molecule has 0 unspecified atom stereocenters. The molecule has 0 aliphatic heterocycles. The first-order valence-corrected chi connectivity index (χ1v) is 8.17. The predicted molar refractivity (Wildman–Crippen MR) is 101 cm³/mol. The summed E-state index contributed by atoms with van der Waals surface area (Å²) in [5.74, 6) is -0.414. The van der Waals surface area contributed by atoms with Crippen LogP contribution < -0.4 is 10.6 Å². The second-order valence-corrected chi connectivity index (χ2v) is 6.76. The molecule has 0 spiro atoms. The van der Waals surface area contributed by atoms with Gasteiger partial charge in [0.2, 0.25) is 0 Å². The zero-order chi connectivity index (χ0) is 19.3. The second-order valence-electron chi connectivity index (χ2n) is 6.76. The first kappa shape index (κ1) is 19.2. The van der Waals surface area contributed by atoms with Gasteiger partial charge in [-0.15, -0.1) is 0 Å². The van der Waals surface area contributed by atoms with Gasteiger partial charge in [0.25, 0.3) is 5.91 Å². The van der Waals surface area contributed by atoms with Crippen molar-refractivity contribution in [1.82, 2.24) is 0 Å². The maximum absolute atomic E-state index is 12.4. The number of anilines is 2. The van der Waals surface area contributed by atoms with Crippen molar-refractivity contribution in [2.24, 2.45) is 0 Å². The Morgan fingerprint density at radius 2 is 1.31 bits per heavy atom. The van der Waals surface area contributed by atoms with E-state index in [0.29, 0.717) is 22.5 Å². The van der Waals surface area contributed by atoms with Crippen LogP contribution in [0.3, 0.4) is 0 Å². The van der Waals surface area contributed by atoms with Crippen LogP contribution in [0.1, 0.15) is 48.4 Å². The van der Waals surface area contributed by atoms with Crippen molar-refractivity contribution < 1.29 is 19.1 Å². The van der Waals surface area contributed by atoms with Crippen molar-refractivity contribution in [2.75, 3.05) is 10.6 Å². The molecule has 0 radical (unpaired) electrons. The summed E-state index contributed by atoms with van der Waals surface area (Å²) in [4.78, 5) is 35.7. The smallest absolute Gasteiger partial charge is 0.412 e. The lowest BCUT2D eigenvalue weighted by molar-refractivity contribution is 0.0635. The van der Waals surface area contributed by atoms with Crippen molar-refractivity contribution in [1.29, 1.82) is 0 Å². The fourth-order valence-electron chi connectivity index (χ4n) is 2.17. The molecule has 0 aliphatic rings. The lowest BCUT2D eigenvalue weighted by atomic mass is 10.1. The molecule has 26 heavy (non-hydrogen) atoms. The number of ketones is 1. The summed E-state index contributed by atoms with van der Waals surface area (Å²) in [5.41, 5.74) is 1.19. The van der Waals surface area contributed by atoms with Crippen molar-refractivity contribution in [3.8, 4) is 0 Å². The number of rotatable bonds is 4. The summed E-state index contributed by atoms with van der Waals surface area (Å²) < 4.78 is 5.23. The molecule has 0 saturated carbocycles. The van der Waals surface area contributed by atoms with Crippen LogP contribution in [0, 0.1) is 0 Å². The van der Waals surface area contributed by atoms with Gasteiger partial charge in [-0.3, -0.25) is 14.9 Å². The quantitative estimate of drug-likeness (QED) is 0.792. The van der Waals surface area contributed by atoms with E-state index in [0.717, 1.165) is 0 Å². The molecule has 2 N–H and O–H groups in total. The number of nitrogens with one attached hydrogen (secondary N) is 2. The van der Waals surface area contributed by atoms with E-state index in [1.54, 1.807) is 69.3 Å². The number of hydrogen-bond donors (Lipinski definition) is 2. The average Bonchev–Trinajstić information content (AvgIpc) is 2.55. The highest BCUT2D eigenvalue weighted by Gasteiger charge is 2.17. The number of para-hydroxylation sites is 2. The molecule has 0 bridgehead atoms. The third kappa shape index (κ3) is 5.44. The lowest BCUT2D eigenvalue weighted by Crippen LogP contribution is -2.27. The van der Waals surface area contributed by atoms with E-state index in [2.05, 4.69) is 10.6 Å². The zero-order valence-electron chi connectivity index (χ0n) is 15.3.